The van der Waals surface area contributed by atoms with Gasteiger partial charge in [-0.15, -0.1) is 0 Å². The molecule has 1 saturated heterocycles. The lowest BCUT2D eigenvalue weighted by Crippen LogP contribution is -2.42. The Bertz CT molecular complexity index is 900. The summed E-state index contributed by atoms with van der Waals surface area (Å²) in [6.07, 6.45) is 2.82. The number of rotatable bonds is 6. The van der Waals surface area contributed by atoms with Crippen LogP contribution >= 0.6 is 23.8 Å². The Morgan fingerprint density at radius 3 is 2.69 bits per heavy atom. The minimum atomic E-state index is -0.559. The molecule has 154 valence electrons. The van der Waals surface area contributed by atoms with Crippen LogP contribution < -0.4 is 21.4 Å². The molecule has 0 spiro atoms. The van der Waals surface area contributed by atoms with E-state index in [-0.39, 0.29) is 16.4 Å². The first kappa shape index (κ1) is 21.4. The SMILES string of the molecule is NC(=S)NN=Cc1cc(F)c(N2CCC(NCc3cccc(Cl)c3)CC2)cc1F. The first-order chi connectivity index (χ1) is 13.9. The normalized spacial score (nSPS) is 15.1. The summed E-state index contributed by atoms with van der Waals surface area (Å²) in [6.45, 7) is 2.00. The Balaban J connectivity index is 1.56. The van der Waals surface area contributed by atoms with Crippen molar-refractivity contribution in [1.29, 1.82) is 0 Å². The lowest BCUT2D eigenvalue weighted by atomic mass is 10.0. The number of nitrogens with zero attached hydrogens (tertiary/aromatic N) is 2. The number of halogens is 3. The van der Waals surface area contributed by atoms with Crippen LogP contribution in [0.2, 0.25) is 5.02 Å². The first-order valence-electron chi connectivity index (χ1n) is 9.22. The summed E-state index contributed by atoms with van der Waals surface area (Å²) in [5.41, 5.74) is 8.96. The van der Waals surface area contributed by atoms with E-state index in [1.807, 2.05) is 29.2 Å². The van der Waals surface area contributed by atoms with Gasteiger partial charge in [0.05, 0.1) is 11.9 Å². The van der Waals surface area contributed by atoms with Crippen molar-refractivity contribution < 1.29 is 8.78 Å². The van der Waals surface area contributed by atoms with E-state index in [9.17, 15) is 8.78 Å². The molecule has 0 unspecified atom stereocenters. The molecule has 2 aromatic carbocycles. The van der Waals surface area contributed by atoms with Gasteiger partial charge in [-0.25, -0.2) is 8.78 Å². The molecule has 9 heteroatoms. The third-order valence-electron chi connectivity index (χ3n) is 4.76. The quantitative estimate of drug-likeness (QED) is 0.366. The highest BCUT2D eigenvalue weighted by atomic mass is 35.5. The zero-order valence-corrected chi connectivity index (χ0v) is 17.2. The molecule has 29 heavy (non-hydrogen) atoms. The van der Waals surface area contributed by atoms with Crippen molar-refractivity contribution in [2.24, 2.45) is 10.8 Å². The van der Waals surface area contributed by atoms with Crippen molar-refractivity contribution in [2.45, 2.75) is 25.4 Å². The van der Waals surface area contributed by atoms with Crippen LogP contribution in [0.1, 0.15) is 24.0 Å². The number of nitrogens with two attached hydrogens (primary N) is 1. The largest absolute Gasteiger partial charge is 0.375 e. The highest BCUT2D eigenvalue weighted by Crippen LogP contribution is 2.26. The fourth-order valence-electron chi connectivity index (χ4n) is 3.29. The lowest BCUT2D eigenvalue weighted by Gasteiger charge is -2.34. The Morgan fingerprint density at radius 1 is 1.24 bits per heavy atom. The summed E-state index contributed by atoms with van der Waals surface area (Å²) in [6, 6.07) is 10.4. The van der Waals surface area contributed by atoms with Crippen LogP contribution in [0, 0.1) is 11.6 Å². The molecule has 1 fully saturated rings. The molecule has 1 aliphatic rings. The van der Waals surface area contributed by atoms with Crippen molar-refractivity contribution in [3.8, 4) is 0 Å². The monoisotopic (exact) mass is 437 g/mol. The standard InChI is InChI=1S/C20H22ClF2N5S/c21-15-3-1-2-13(8-15)11-25-16-4-6-28(7-5-16)19-10-17(22)14(9-18(19)23)12-26-27-20(24)29/h1-3,8-10,12,16,25H,4-7,11H2,(H3,24,27,29). The van der Waals surface area contributed by atoms with Gasteiger partial charge in [-0.05, 0) is 48.8 Å². The van der Waals surface area contributed by atoms with Crippen LogP contribution in [0.4, 0.5) is 14.5 Å². The molecule has 3 rings (SSSR count). The van der Waals surface area contributed by atoms with Crippen LogP contribution in [-0.2, 0) is 6.54 Å². The van der Waals surface area contributed by atoms with Crippen LogP contribution in [0.15, 0.2) is 41.5 Å². The van der Waals surface area contributed by atoms with E-state index >= 15 is 0 Å². The smallest absolute Gasteiger partial charge is 0.184 e. The molecule has 0 aliphatic carbocycles. The fraction of sp³-hybridized carbons (Fsp3) is 0.300. The number of hydrazone groups is 1. The summed E-state index contributed by atoms with van der Waals surface area (Å²) in [5.74, 6) is -1.05. The number of piperidine rings is 1. The fourth-order valence-corrected chi connectivity index (χ4v) is 3.56. The molecular weight excluding hydrogens is 416 g/mol. The zero-order chi connectivity index (χ0) is 20.8. The maximum Gasteiger partial charge on any atom is 0.184 e. The van der Waals surface area contributed by atoms with Crippen LogP contribution in [0.25, 0.3) is 0 Å². The topological polar surface area (TPSA) is 65.7 Å². The van der Waals surface area contributed by atoms with Crippen molar-refractivity contribution in [1.82, 2.24) is 10.7 Å². The predicted octanol–water partition coefficient (Wildman–Crippen LogP) is 3.54. The molecule has 2 aromatic rings. The van der Waals surface area contributed by atoms with Gasteiger partial charge >= 0.3 is 0 Å². The average molecular weight is 438 g/mol. The van der Waals surface area contributed by atoms with E-state index in [1.165, 1.54) is 6.07 Å². The number of anilines is 1. The molecule has 0 amide bonds. The molecule has 0 aromatic heterocycles. The summed E-state index contributed by atoms with van der Waals surface area (Å²) >= 11 is 10.6. The summed E-state index contributed by atoms with van der Waals surface area (Å²) in [5, 5.41) is 7.84. The van der Waals surface area contributed by atoms with Gasteiger partial charge in [0.2, 0.25) is 0 Å². The molecule has 0 saturated carbocycles. The van der Waals surface area contributed by atoms with E-state index in [0.717, 1.165) is 37.2 Å². The van der Waals surface area contributed by atoms with Crippen molar-refractivity contribution in [2.75, 3.05) is 18.0 Å². The summed E-state index contributed by atoms with van der Waals surface area (Å²) in [7, 11) is 0. The average Bonchev–Trinajstić information content (AvgIpc) is 2.69. The van der Waals surface area contributed by atoms with Crippen molar-refractivity contribution >= 4 is 40.8 Å². The minimum absolute atomic E-state index is 0.0214. The van der Waals surface area contributed by atoms with Gasteiger partial charge in [-0.3, -0.25) is 5.43 Å². The second-order valence-electron chi connectivity index (χ2n) is 6.83. The molecule has 1 aliphatic heterocycles. The minimum Gasteiger partial charge on any atom is -0.375 e. The van der Waals surface area contributed by atoms with Gasteiger partial charge in [-0.2, -0.15) is 5.10 Å². The predicted molar refractivity (Wildman–Crippen MR) is 117 cm³/mol. The van der Waals surface area contributed by atoms with E-state index in [4.69, 9.17) is 17.3 Å². The molecule has 0 bridgehead atoms. The van der Waals surface area contributed by atoms with Crippen molar-refractivity contribution in [3.05, 3.63) is 64.2 Å². The maximum absolute atomic E-state index is 14.5. The number of thiocarbonyl (C=S) groups is 1. The summed E-state index contributed by atoms with van der Waals surface area (Å²) < 4.78 is 28.9. The van der Waals surface area contributed by atoms with Gasteiger partial charge in [0.1, 0.15) is 11.6 Å². The third-order valence-corrected chi connectivity index (χ3v) is 5.09. The highest BCUT2D eigenvalue weighted by Gasteiger charge is 2.22. The van der Waals surface area contributed by atoms with Gasteiger partial charge in [0.15, 0.2) is 5.11 Å². The second-order valence-corrected chi connectivity index (χ2v) is 7.71. The molecule has 1 heterocycles. The summed E-state index contributed by atoms with van der Waals surface area (Å²) in [4.78, 5) is 1.87. The number of benzene rings is 2. The molecule has 4 N–H and O–H groups in total. The van der Waals surface area contributed by atoms with Gasteiger partial charge < -0.3 is 16.0 Å². The van der Waals surface area contributed by atoms with Crippen LogP contribution in [-0.4, -0.2) is 30.5 Å². The highest BCUT2D eigenvalue weighted by molar-refractivity contribution is 7.80. The van der Waals surface area contributed by atoms with Gasteiger partial charge in [-0.1, -0.05) is 23.7 Å². The van der Waals surface area contributed by atoms with Crippen LogP contribution in [0.5, 0.6) is 0 Å². The van der Waals surface area contributed by atoms with E-state index < -0.39 is 11.6 Å². The lowest BCUT2D eigenvalue weighted by molar-refractivity contribution is 0.411. The Hall–Kier alpha value is -2.29. The molecule has 5 nitrogen and oxygen atoms in total. The maximum atomic E-state index is 14.5. The van der Waals surface area contributed by atoms with E-state index in [2.05, 4.69) is 28.1 Å². The first-order valence-corrected chi connectivity index (χ1v) is 10.0. The van der Waals surface area contributed by atoms with Gasteiger partial charge in [0, 0.05) is 42.3 Å². The Morgan fingerprint density at radius 2 is 2.00 bits per heavy atom. The van der Waals surface area contributed by atoms with Gasteiger partial charge in [0.25, 0.3) is 0 Å². The van der Waals surface area contributed by atoms with E-state index in [0.29, 0.717) is 24.2 Å². The third kappa shape index (κ3) is 6.09. The molecule has 0 atom stereocenters. The van der Waals surface area contributed by atoms with Crippen LogP contribution in [0.3, 0.4) is 0 Å². The second kappa shape index (κ2) is 9.96. The zero-order valence-electron chi connectivity index (χ0n) is 15.7. The van der Waals surface area contributed by atoms with Crippen molar-refractivity contribution in [3.63, 3.8) is 0 Å². The molecule has 0 radical (unpaired) electrons. The number of hydrogen-bond acceptors (Lipinski definition) is 4. The Kier molecular flexibility index (Phi) is 7.35. The number of hydrogen-bond donors (Lipinski definition) is 3. The number of nitrogens with one attached hydrogen (secondary N) is 2. The van der Waals surface area contributed by atoms with E-state index in [1.54, 1.807) is 0 Å². The molecular formula is C20H22ClF2N5S. The Labute approximate surface area is 178 Å².